The first-order valence-corrected chi connectivity index (χ1v) is 9.62. The number of urea groups is 1. The molecule has 0 bridgehead atoms. The van der Waals surface area contributed by atoms with Gasteiger partial charge in [0.05, 0.1) is 11.3 Å². The molecular weight excluding hydrogens is 368 g/mol. The summed E-state index contributed by atoms with van der Waals surface area (Å²) in [6, 6.07) is 9.20. The molecule has 0 atom stereocenters. The minimum atomic E-state index is -0.314. The fraction of sp³-hybridized carbons (Fsp3) is 0.333. The Labute approximate surface area is 169 Å². The minimum absolute atomic E-state index is 0.314. The van der Waals surface area contributed by atoms with Crippen molar-refractivity contribution < 1.29 is 9.32 Å². The molecule has 2 heterocycles. The quantitative estimate of drug-likeness (QED) is 0.664. The number of pyridine rings is 1. The Morgan fingerprint density at radius 1 is 1.28 bits per heavy atom. The van der Waals surface area contributed by atoms with Crippen molar-refractivity contribution in [1.82, 2.24) is 20.4 Å². The highest BCUT2D eigenvalue weighted by molar-refractivity contribution is 5.93. The van der Waals surface area contributed by atoms with Gasteiger partial charge in [0.2, 0.25) is 0 Å². The molecule has 29 heavy (non-hydrogen) atoms. The molecule has 2 amide bonds. The number of aromatic nitrogens is 3. The van der Waals surface area contributed by atoms with Crippen LogP contribution in [0.4, 0.5) is 16.3 Å². The predicted octanol–water partition coefficient (Wildman–Crippen LogP) is 3.71. The second-order valence-electron chi connectivity index (χ2n) is 7.47. The van der Waals surface area contributed by atoms with Crippen LogP contribution in [0.2, 0.25) is 0 Å². The molecular formula is C21H24N6O2. The van der Waals surface area contributed by atoms with Gasteiger partial charge in [-0.25, -0.2) is 9.78 Å². The van der Waals surface area contributed by atoms with E-state index in [1.54, 1.807) is 6.20 Å². The van der Waals surface area contributed by atoms with Crippen LogP contribution < -0.4 is 15.5 Å². The normalized spacial score (nSPS) is 13.2. The smallest absolute Gasteiger partial charge is 0.319 e. The zero-order chi connectivity index (χ0) is 20.4. The third kappa shape index (κ3) is 4.37. The summed E-state index contributed by atoms with van der Waals surface area (Å²) in [7, 11) is 3.84. The lowest BCUT2D eigenvalue weighted by Gasteiger charge is -2.16. The summed E-state index contributed by atoms with van der Waals surface area (Å²) in [5.74, 6) is 2.39. The van der Waals surface area contributed by atoms with E-state index in [1.807, 2.05) is 56.3 Å². The van der Waals surface area contributed by atoms with Gasteiger partial charge in [0.15, 0.2) is 5.82 Å². The Hall–Kier alpha value is -3.42. The van der Waals surface area contributed by atoms with Crippen molar-refractivity contribution in [2.24, 2.45) is 0 Å². The molecule has 0 radical (unpaired) electrons. The van der Waals surface area contributed by atoms with Crippen LogP contribution in [0.3, 0.4) is 0 Å². The Morgan fingerprint density at radius 2 is 2.10 bits per heavy atom. The SMILES string of the molecule is Cc1ccc(NC(=O)NCc2cccnc2N(C)C)c(-c2nc(C3CC3)no2)c1. The zero-order valence-corrected chi connectivity index (χ0v) is 16.8. The summed E-state index contributed by atoms with van der Waals surface area (Å²) < 4.78 is 5.45. The van der Waals surface area contributed by atoms with Gasteiger partial charge in [-0.3, -0.25) is 0 Å². The lowest BCUT2D eigenvalue weighted by atomic mass is 10.1. The van der Waals surface area contributed by atoms with Crippen molar-refractivity contribution in [1.29, 1.82) is 0 Å². The Kier molecular flexibility index (Phi) is 5.16. The maximum atomic E-state index is 12.5. The molecule has 0 unspecified atom stereocenters. The number of amides is 2. The first-order chi connectivity index (χ1) is 14.0. The molecule has 0 aliphatic heterocycles. The van der Waals surface area contributed by atoms with Gasteiger partial charge < -0.3 is 20.1 Å². The van der Waals surface area contributed by atoms with Crippen molar-refractivity contribution in [2.45, 2.75) is 32.2 Å². The van der Waals surface area contributed by atoms with E-state index in [-0.39, 0.29) is 6.03 Å². The van der Waals surface area contributed by atoms with Crippen LogP contribution in [0.5, 0.6) is 0 Å². The van der Waals surface area contributed by atoms with Gasteiger partial charge >= 0.3 is 6.03 Å². The summed E-state index contributed by atoms with van der Waals surface area (Å²) in [5.41, 5.74) is 3.32. The summed E-state index contributed by atoms with van der Waals surface area (Å²) >= 11 is 0. The van der Waals surface area contributed by atoms with E-state index in [4.69, 9.17) is 4.52 Å². The topological polar surface area (TPSA) is 96.2 Å². The van der Waals surface area contributed by atoms with Crippen molar-refractivity contribution in [3.05, 3.63) is 53.5 Å². The number of carbonyl (C=O) groups excluding carboxylic acids is 1. The first kappa shape index (κ1) is 18.9. The summed E-state index contributed by atoms with van der Waals surface area (Å²) in [6.07, 6.45) is 3.94. The maximum Gasteiger partial charge on any atom is 0.319 e. The molecule has 0 saturated heterocycles. The highest BCUT2D eigenvalue weighted by atomic mass is 16.5. The molecule has 3 aromatic rings. The molecule has 1 aliphatic rings. The Bertz CT molecular complexity index is 1030. The monoisotopic (exact) mass is 392 g/mol. The molecule has 1 saturated carbocycles. The van der Waals surface area contributed by atoms with Crippen molar-refractivity contribution >= 4 is 17.5 Å². The summed E-state index contributed by atoms with van der Waals surface area (Å²) in [5, 5.41) is 9.86. The van der Waals surface area contributed by atoms with Gasteiger partial charge in [-0.2, -0.15) is 4.98 Å². The minimum Gasteiger partial charge on any atom is -0.362 e. The van der Waals surface area contributed by atoms with Crippen LogP contribution in [0.1, 0.15) is 35.7 Å². The van der Waals surface area contributed by atoms with Gasteiger partial charge in [-0.1, -0.05) is 22.9 Å². The second-order valence-corrected chi connectivity index (χ2v) is 7.47. The van der Waals surface area contributed by atoms with E-state index in [2.05, 4.69) is 25.8 Å². The van der Waals surface area contributed by atoms with Crippen LogP contribution in [0.25, 0.3) is 11.5 Å². The first-order valence-electron chi connectivity index (χ1n) is 9.62. The molecule has 2 N–H and O–H groups in total. The van der Waals surface area contributed by atoms with Crippen molar-refractivity contribution in [3.63, 3.8) is 0 Å². The Balaban J connectivity index is 1.48. The number of nitrogens with zero attached hydrogens (tertiary/aromatic N) is 4. The fourth-order valence-electron chi connectivity index (χ4n) is 3.11. The predicted molar refractivity (Wildman–Crippen MR) is 111 cm³/mol. The molecule has 1 aromatic carbocycles. The molecule has 1 fully saturated rings. The van der Waals surface area contributed by atoms with E-state index >= 15 is 0 Å². The maximum absolute atomic E-state index is 12.5. The number of carbonyl (C=O) groups is 1. The molecule has 1 aliphatic carbocycles. The molecule has 150 valence electrons. The molecule has 4 rings (SSSR count). The fourth-order valence-corrected chi connectivity index (χ4v) is 3.11. The average Bonchev–Trinajstić information content (AvgIpc) is 3.45. The van der Waals surface area contributed by atoms with E-state index in [0.717, 1.165) is 41.2 Å². The average molecular weight is 392 g/mol. The van der Waals surface area contributed by atoms with Gasteiger partial charge in [0.1, 0.15) is 5.82 Å². The number of hydrogen-bond acceptors (Lipinski definition) is 6. The highest BCUT2D eigenvalue weighted by Gasteiger charge is 2.29. The van der Waals surface area contributed by atoms with Crippen LogP contribution in [-0.2, 0) is 6.54 Å². The zero-order valence-electron chi connectivity index (χ0n) is 16.8. The highest BCUT2D eigenvalue weighted by Crippen LogP contribution is 2.39. The number of aryl methyl sites for hydroxylation is 1. The van der Waals surface area contributed by atoms with Crippen LogP contribution >= 0.6 is 0 Å². The van der Waals surface area contributed by atoms with Crippen molar-refractivity contribution in [3.8, 4) is 11.5 Å². The van der Waals surface area contributed by atoms with Crippen molar-refractivity contribution in [2.75, 3.05) is 24.3 Å². The molecule has 2 aromatic heterocycles. The third-order valence-electron chi connectivity index (χ3n) is 4.77. The molecule has 0 spiro atoms. The van der Waals surface area contributed by atoms with Crippen LogP contribution in [0.15, 0.2) is 41.1 Å². The molecule has 8 nitrogen and oxygen atoms in total. The van der Waals surface area contributed by atoms with Gasteiger partial charge in [-0.05, 0) is 38.0 Å². The standard InChI is InChI=1S/C21H24N6O2/c1-13-6-9-17(16(11-13)20-25-18(26-29-20)14-7-8-14)24-21(28)23-12-15-5-4-10-22-19(15)27(2)3/h4-6,9-11,14H,7-8,12H2,1-3H3,(H2,23,24,28). The third-order valence-corrected chi connectivity index (χ3v) is 4.77. The Morgan fingerprint density at radius 3 is 2.86 bits per heavy atom. The van der Waals surface area contributed by atoms with Crippen LogP contribution in [0, 0.1) is 6.92 Å². The molecule has 8 heteroatoms. The largest absolute Gasteiger partial charge is 0.362 e. The summed E-state index contributed by atoms with van der Waals surface area (Å²) in [4.78, 5) is 23.3. The number of rotatable bonds is 6. The van der Waals surface area contributed by atoms with E-state index < -0.39 is 0 Å². The number of hydrogen-bond donors (Lipinski definition) is 2. The van der Waals surface area contributed by atoms with E-state index in [0.29, 0.717) is 24.0 Å². The van der Waals surface area contributed by atoms with Gasteiger partial charge in [0, 0.05) is 38.3 Å². The lowest BCUT2D eigenvalue weighted by Crippen LogP contribution is -2.29. The lowest BCUT2D eigenvalue weighted by molar-refractivity contribution is 0.251. The number of benzene rings is 1. The van der Waals surface area contributed by atoms with Crippen LogP contribution in [-0.4, -0.2) is 35.3 Å². The van der Waals surface area contributed by atoms with Gasteiger partial charge in [0.25, 0.3) is 5.89 Å². The summed E-state index contributed by atoms with van der Waals surface area (Å²) in [6.45, 7) is 2.34. The van der Waals surface area contributed by atoms with E-state index in [1.165, 1.54) is 0 Å². The van der Waals surface area contributed by atoms with E-state index in [9.17, 15) is 4.79 Å². The number of nitrogens with one attached hydrogen (secondary N) is 2. The van der Waals surface area contributed by atoms with Gasteiger partial charge in [-0.15, -0.1) is 0 Å². The number of anilines is 2. The second kappa shape index (κ2) is 7.90.